The van der Waals surface area contributed by atoms with Gasteiger partial charge in [0, 0.05) is 11.6 Å². The highest BCUT2D eigenvalue weighted by atomic mass is 16.5. The molecule has 0 aliphatic rings. The fraction of sp³-hybridized carbons (Fsp3) is 0.600. The Morgan fingerprint density at radius 1 is 1.26 bits per heavy atom. The number of aliphatic hydroxyl groups is 2. The molecule has 0 heterocycles. The lowest BCUT2D eigenvalue weighted by Crippen LogP contribution is -2.24. The molecule has 0 aliphatic carbocycles. The second-order valence-electron chi connectivity index (χ2n) is 4.60. The van der Waals surface area contributed by atoms with Crippen molar-refractivity contribution in [3.8, 4) is 5.75 Å². The van der Waals surface area contributed by atoms with Gasteiger partial charge >= 0.3 is 0 Å². The molecular weight excluding hydrogens is 242 g/mol. The highest BCUT2D eigenvalue weighted by Crippen LogP contribution is 2.27. The van der Waals surface area contributed by atoms with Crippen LogP contribution in [0, 0.1) is 0 Å². The Kier molecular flexibility index (Phi) is 7.48. The van der Waals surface area contributed by atoms with E-state index in [-0.39, 0.29) is 19.3 Å². The van der Waals surface area contributed by atoms with Crippen molar-refractivity contribution in [2.24, 2.45) is 0 Å². The van der Waals surface area contributed by atoms with Gasteiger partial charge in [-0.1, -0.05) is 32.0 Å². The minimum Gasteiger partial charge on any atom is -0.490 e. The molecule has 108 valence electrons. The topological polar surface area (TPSA) is 61.7 Å². The van der Waals surface area contributed by atoms with E-state index in [0.29, 0.717) is 0 Å². The van der Waals surface area contributed by atoms with E-state index in [1.165, 1.54) is 0 Å². The van der Waals surface area contributed by atoms with Crippen LogP contribution in [0.3, 0.4) is 0 Å². The lowest BCUT2D eigenvalue weighted by molar-refractivity contribution is 0.0531. The van der Waals surface area contributed by atoms with Crippen LogP contribution < -0.4 is 10.1 Å². The van der Waals surface area contributed by atoms with Crippen LogP contribution >= 0.6 is 0 Å². The maximum absolute atomic E-state index is 9.36. The summed E-state index contributed by atoms with van der Waals surface area (Å²) in [6.45, 7) is 5.06. The average Bonchev–Trinajstić information content (AvgIpc) is 2.46. The second kappa shape index (κ2) is 8.91. The van der Waals surface area contributed by atoms with Gasteiger partial charge in [-0.15, -0.1) is 0 Å². The highest BCUT2D eigenvalue weighted by Gasteiger charge is 2.14. The first-order chi connectivity index (χ1) is 9.22. The van der Waals surface area contributed by atoms with E-state index in [0.717, 1.165) is 30.7 Å². The monoisotopic (exact) mass is 267 g/mol. The molecule has 3 N–H and O–H groups in total. The van der Waals surface area contributed by atoms with Gasteiger partial charge in [-0.05, 0) is 25.5 Å². The van der Waals surface area contributed by atoms with Crippen LogP contribution in [0.25, 0.3) is 0 Å². The third-order valence-electron chi connectivity index (χ3n) is 2.99. The van der Waals surface area contributed by atoms with Crippen molar-refractivity contribution < 1.29 is 14.9 Å². The Labute approximate surface area is 115 Å². The summed E-state index contributed by atoms with van der Waals surface area (Å²) in [7, 11) is 0. The molecule has 2 unspecified atom stereocenters. The van der Waals surface area contributed by atoms with Gasteiger partial charge in [0.2, 0.25) is 0 Å². The number of nitrogens with one attached hydrogen (secondary N) is 1. The zero-order chi connectivity index (χ0) is 14.1. The fourth-order valence-electron chi connectivity index (χ4n) is 1.93. The van der Waals surface area contributed by atoms with Gasteiger partial charge in [-0.2, -0.15) is 0 Å². The van der Waals surface area contributed by atoms with Gasteiger partial charge in [0.1, 0.15) is 18.5 Å². The Bertz CT molecular complexity index is 357. The zero-order valence-corrected chi connectivity index (χ0v) is 11.8. The molecule has 0 radical (unpaired) electrons. The van der Waals surface area contributed by atoms with E-state index in [9.17, 15) is 5.11 Å². The first-order valence-electron chi connectivity index (χ1n) is 6.96. The van der Waals surface area contributed by atoms with E-state index in [1.807, 2.05) is 24.3 Å². The van der Waals surface area contributed by atoms with Crippen LogP contribution in [0.4, 0.5) is 0 Å². The lowest BCUT2D eigenvalue weighted by atomic mass is 10.0. The Morgan fingerprint density at radius 3 is 2.63 bits per heavy atom. The van der Waals surface area contributed by atoms with Crippen LogP contribution in [-0.4, -0.2) is 36.1 Å². The molecule has 19 heavy (non-hydrogen) atoms. The second-order valence-corrected chi connectivity index (χ2v) is 4.60. The van der Waals surface area contributed by atoms with E-state index >= 15 is 0 Å². The molecule has 1 aromatic carbocycles. The molecule has 0 aromatic heterocycles. The zero-order valence-electron chi connectivity index (χ0n) is 11.8. The predicted molar refractivity (Wildman–Crippen MR) is 76.4 cm³/mol. The molecule has 0 saturated carbocycles. The minimum absolute atomic E-state index is 0.109. The fourth-order valence-corrected chi connectivity index (χ4v) is 1.93. The van der Waals surface area contributed by atoms with E-state index < -0.39 is 6.10 Å². The summed E-state index contributed by atoms with van der Waals surface area (Å²) in [5, 5.41) is 21.7. The number of aliphatic hydroxyl groups excluding tert-OH is 2. The van der Waals surface area contributed by atoms with Crippen LogP contribution in [0.2, 0.25) is 0 Å². The maximum Gasteiger partial charge on any atom is 0.124 e. The summed E-state index contributed by atoms with van der Waals surface area (Å²) < 4.78 is 5.60. The number of ether oxygens (including phenoxy) is 1. The number of rotatable bonds is 9. The number of hydrogen-bond donors (Lipinski definition) is 3. The molecule has 0 aliphatic heterocycles. The summed E-state index contributed by atoms with van der Waals surface area (Å²) in [5.74, 6) is 0.769. The average molecular weight is 267 g/mol. The summed E-state index contributed by atoms with van der Waals surface area (Å²) in [6, 6.07) is 8.09. The van der Waals surface area contributed by atoms with Crippen molar-refractivity contribution in [2.75, 3.05) is 19.8 Å². The third kappa shape index (κ3) is 5.19. The molecule has 0 bridgehead atoms. The molecule has 1 rings (SSSR count). The van der Waals surface area contributed by atoms with E-state index in [2.05, 4.69) is 19.2 Å². The number of para-hydroxylation sites is 1. The van der Waals surface area contributed by atoms with Crippen molar-refractivity contribution in [1.82, 2.24) is 5.32 Å². The first kappa shape index (κ1) is 16.0. The number of hydrogen-bond acceptors (Lipinski definition) is 4. The van der Waals surface area contributed by atoms with Crippen molar-refractivity contribution in [1.29, 1.82) is 0 Å². The van der Waals surface area contributed by atoms with Gasteiger partial charge < -0.3 is 20.3 Å². The summed E-state index contributed by atoms with van der Waals surface area (Å²) >= 11 is 0. The Balaban J connectivity index is 2.75. The van der Waals surface area contributed by atoms with Crippen molar-refractivity contribution in [3.63, 3.8) is 0 Å². The molecule has 4 nitrogen and oxygen atoms in total. The molecule has 4 heteroatoms. The van der Waals surface area contributed by atoms with Gasteiger partial charge in [-0.3, -0.25) is 0 Å². The van der Waals surface area contributed by atoms with Crippen molar-refractivity contribution >= 4 is 0 Å². The SMILES string of the molecule is CCCNC(CC)c1ccccc1OCC(O)CO. The Hall–Kier alpha value is -1.10. The smallest absolute Gasteiger partial charge is 0.124 e. The third-order valence-corrected chi connectivity index (χ3v) is 2.99. The van der Waals surface area contributed by atoms with Crippen molar-refractivity contribution in [3.05, 3.63) is 29.8 Å². The molecule has 0 fully saturated rings. The molecule has 0 spiro atoms. The van der Waals surface area contributed by atoms with Gasteiger partial charge in [0.15, 0.2) is 0 Å². The number of benzene rings is 1. The first-order valence-corrected chi connectivity index (χ1v) is 6.96. The minimum atomic E-state index is -0.836. The molecule has 1 aromatic rings. The predicted octanol–water partition coefficient (Wildman–Crippen LogP) is 1.87. The van der Waals surface area contributed by atoms with Gasteiger partial charge in [0.25, 0.3) is 0 Å². The molecular formula is C15H25NO3. The maximum atomic E-state index is 9.36. The van der Waals surface area contributed by atoms with Crippen LogP contribution in [-0.2, 0) is 0 Å². The van der Waals surface area contributed by atoms with Gasteiger partial charge in [-0.25, -0.2) is 0 Å². The van der Waals surface area contributed by atoms with Gasteiger partial charge in [0.05, 0.1) is 6.61 Å². The summed E-state index contributed by atoms with van der Waals surface area (Å²) in [6.07, 6.45) is 1.22. The van der Waals surface area contributed by atoms with E-state index in [1.54, 1.807) is 0 Å². The molecule has 2 atom stereocenters. The molecule has 0 amide bonds. The summed E-state index contributed by atoms with van der Waals surface area (Å²) in [4.78, 5) is 0. The van der Waals surface area contributed by atoms with Crippen LogP contribution in [0.1, 0.15) is 38.3 Å². The van der Waals surface area contributed by atoms with Crippen LogP contribution in [0.5, 0.6) is 5.75 Å². The lowest BCUT2D eigenvalue weighted by Gasteiger charge is -2.21. The van der Waals surface area contributed by atoms with Crippen molar-refractivity contribution in [2.45, 2.75) is 38.8 Å². The summed E-state index contributed by atoms with van der Waals surface area (Å²) in [5.41, 5.74) is 1.10. The standard InChI is InChI=1S/C15H25NO3/c1-3-9-16-14(4-2)13-7-5-6-8-15(13)19-11-12(18)10-17/h5-8,12,14,16-18H,3-4,9-11H2,1-2H3. The molecule has 0 saturated heterocycles. The largest absolute Gasteiger partial charge is 0.490 e. The quantitative estimate of drug-likeness (QED) is 0.639. The highest BCUT2D eigenvalue weighted by molar-refractivity contribution is 5.36. The normalized spacial score (nSPS) is 14.1. The Morgan fingerprint density at radius 2 is 2.00 bits per heavy atom. The van der Waals surface area contributed by atoms with E-state index in [4.69, 9.17) is 9.84 Å². The van der Waals surface area contributed by atoms with Crippen LogP contribution in [0.15, 0.2) is 24.3 Å².